The highest BCUT2D eigenvalue weighted by Crippen LogP contribution is 2.37. The molecule has 1 aromatic heterocycles. The fourth-order valence-electron chi connectivity index (χ4n) is 2.81. The molecule has 3 aromatic carbocycles. The number of phenols is 1. The highest BCUT2D eigenvalue weighted by molar-refractivity contribution is 6.01. The zero-order valence-corrected chi connectivity index (χ0v) is 11.3. The lowest BCUT2D eigenvalue weighted by molar-refractivity contribution is 0.482. The van der Waals surface area contributed by atoms with Crippen LogP contribution in [0.3, 0.4) is 0 Å². The molecule has 2 heteroatoms. The number of nitrogens with zero attached hydrogens (tertiary/aromatic N) is 1. The van der Waals surface area contributed by atoms with Crippen molar-refractivity contribution in [3.05, 3.63) is 72.9 Å². The number of aromatic nitrogens is 1. The SMILES string of the molecule is Oc1c(-c2cccc3ccccc23)ccc2cccnc12. The minimum Gasteiger partial charge on any atom is -0.505 e. The summed E-state index contributed by atoms with van der Waals surface area (Å²) in [6.45, 7) is 0. The Hall–Kier alpha value is -2.87. The van der Waals surface area contributed by atoms with Crippen LogP contribution in [-0.2, 0) is 0 Å². The molecule has 0 radical (unpaired) electrons. The predicted molar refractivity (Wildman–Crippen MR) is 86.3 cm³/mol. The minimum atomic E-state index is 0.240. The fraction of sp³-hybridized carbons (Fsp3) is 0. The Bertz CT molecular complexity index is 954. The van der Waals surface area contributed by atoms with Gasteiger partial charge >= 0.3 is 0 Å². The standard InChI is InChI=1S/C19H13NO/c21-19-17(11-10-14-7-4-12-20-18(14)19)16-9-3-6-13-5-1-2-8-15(13)16/h1-12,21H. The van der Waals surface area contributed by atoms with Crippen molar-refractivity contribution in [2.24, 2.45) is 0 Å². The van der Waals surface area contributed by atoms with Gasteiger partial charge in [0.2, 0.25) is 0 Å². The van der Waals surface area contributed by atoms with Crippen LogP contribution in [0.15, 0.2) is 72.9 Å². The smallest absolute Gasteiger partial charge is 0.149 e. The van der Waals surface area contributed by atoms with Gasteiger partial charge in [-0.05, 0) is 28.5 Å². The summed E-state index contributed by atoms with van der Waals surface area (Å²) >= 11 is 0. The lowest BCUT2D eigenvalue weighted by Crippen LogP contribution is -1.85. The van der Waals surface area contributed by atoms with Gasteiger partial charge in [-0.3, -0.25) is 4.98 Å². The van der Waals surface area contributed by atoms with Gasteiger partial charge in [0.05, 0.1) is 0 Å². The quantitative estimate of drug-likeness (QED) is 0.541. The van der Waals surface area contributed by atoms with Crippen LogP contribution in [0.4, 0.5) is 0 Å². The molecule has 0 saturated heterocycles. The van der Waals surface area contributed by atoms with E-state index in [1.807, 2.05) is 48.5 Å². The summed E-state index contributed by atoms with van der Waals surface area (Å²) in [4.78, 5) is 4.30. The zero-order valence-electron chi connectivity index (χ0n) is 11.3. The first-order chi connectivity index (χ1) is 10.3. The van der Waals surface area contributed by atoms with Gasteiger partial charge in [0.25, 0.3) is 0 Å². The topological polar surface area (TPSA) is 33.1 Å². The number of phenolic OH excluding ortho intramolecular Hbond substituents is 1. The maximum Gasteiger partial charge on any atom is 0.149 e. The van der Waals surface area contributed by atoms with Gasteiger partial charge in [-0.25, -0.2) is 0 Å². The second-order valence-electron chi connectivity index (χ2n) is 5.06. The van der Waals surface area contributed by atoms with E-state index in [1.54, 1.807) is 6.20 Å². The van der Waals surface area contributed by atoms with E-state index in [2.05, 4.69) is 23.2 Å². The van der Waals surface area contributed by atoms with E-state index >= 15 is 0 Å². The molecule has 0 atom stereocenters. The third-order valence-electron chi connectivity index (χ3n) is 3.83. The second kappa shape index (κ2) is 4.60. The van der Waals surface area contributed by atoms with Crippen molar-refractivity contribution in [1.29, 1.82) is 0 Å². The second-order valence-corrected chi connectivity index (χ2v) is 5.06. The van der Waals surface area contributed by atoms with Crippen molar-refractivity contribution < 1.29 is 5.11 Å². The Labute approximate surface area is 122 Å². The lowest BCUT2D eigenvalue weighted by atomic mass is 9.96. The Balaban J connectivity index is 2.07. The maximum absolute atomic E-state index is 10.6. The van der Waals surface area contributed by atoms with Crippen LogP contribution in [0.2, 0.25) is 0 Å². The van der Waals surface area contributed by atoms with E-state index in [0.29, 0.717) is 5.52 Å². The van der Waals surface area contributed by atoms with Gasteiger partial charge < -0.3 is 5.11 Å². The first-order valence-corrected chi connectivity index (χ1v) is 6.89. The molecule has 0 bridgehead atoms. The molecule has 4 rings (SSSR count). The van der Waals surface area contributed by atoms with E-state index in [0.717, 1.165) is 27.3 Å². The monoisotopic (exact) mass is 271 g/mol. The molecule has 2 nitrogen and oxygen atoms in total. The molecule has 0 saturated carbocycles. The zero-order chi connectivity index (χ0) is 14.2. The molecule has 0 aliphatic carbocycles. The van der Waals surface area contributed by atoms with Crippen molar-refractivity contribution in [1.82, 2.24) is 4.98 Å². The summed E-state index contributed by atoms with van der Waals surface area (Å²) in [6, 6.07) is 22.1. The minimum absolute atomic E-state index is 0.240. The van der Waals surface area contributed by atoms with E-state index < -0.39 is 0 Å². The third-order valence-corrected chi connectivity index (χ3v) is 3.83. The summed E-state index contributed by atoms with van der Waals surface area (Å²) in [7, 11) is 0. The molecular weight excluding hydrogens is 258 g/mol. The molecule has 21 heavy (non-hydrogen) atoms. The van der Waals surface area contributed by atoms with Gasteiger partial charge in [0, 0.05) is 17.1 Å². The Morgan fingerprint density at radius 1 is 0.667 bits per heavy atom. The largest absolute Gasteiger partial charge is 0.505 e. The number of fused-ring (bicyclic) bond motifs is 2. The number of hydrogen-bond acceptors (Lipinski definition) is 2. The van der Waals surface area contributed by atoms with E-state index in [9.17, 15) is 5.11 Å². The van der Waals surface area contributed by atoms with Gasteiger partial charge in [0.1, 0.15) is 11.3 Å². The molecule has 0 spiro atoms. The molecule has 0 fully saturated rings. The molecule has 0 amide bonds. The third kappa shape index (κ3) is 1.84. The normalized spacial score (nSPS) is 11.0. The number of rotatable bonds is 1. The molecular formula is C19H13NO. The highest BCUT2D eigenvalue weighted by Gasteiger charge is 2.11. The van der Waals surface area contributed by atoms with Gasteiger partial charge in [-0.1, -0.05) is 54.6 Å². The summed E-state index contributed by atoms with van der Waals surface area (Å²) in [5.74, 6) is 0.240. The van der Waals surface area contributed by atoms with Crippen LogP contribution in [-0.4, -0.2) is 10.1 Å². The predicted octanol–water partition coefficient (Wildman–Crippen LogP) is 4.76. The summed E-state index contributed by atoms with van der Waals surface area (Å²) in [5, 5.41) is 13.8. The van der Waals surface area contributed by atoms with Crippen molar-refractivity contribution in [3.63, 3.8) is 0 Å². The van der Waals surface area contributed by atoms with Gasteiger partial charge in [0.15, 0.2) is 0 Å². The first kappa shape index (κ1) is 11.9. The number of pyridine rings is 1. The van der Waals surface area contributed by atoms with Crippen LogP contribution >= 0.6 is 0 Å². The average molecular weight is 271 g/mol. The van der Waals surface area contributed by atoms with Crippen LogP contribution < -0.4 is 0 Å². The molecule has 0 aliphatic rings. The van der Waals surface area contributed by atoms with Crippen LogP contribution in [0.25, 0.3) is 32.8 Å². The molecule has 1 heterocycles. The Morgan fingerprint density at radius 3 is 2.43 bits per heavy atom. The van der Waals surface area contributed by atoms with E-state index in [-0.39, 0.29) is 5.75 Å². The van der Waals surface area contributed by atoms with Crippen molar-refractivity contribution in [3.8, 4) is 16.9 Å². The summed E-state index contributed by atoms with van der Waals surface area (Å²) in [5.41, 5.74) is 2.49. The molecule has 4 aromatic rings. The van der Waals surface area contributed by atoms with Crippen molar-refractivity contribution in [2.45, 2.75) is 0 Å². The van der Waals surface area contributed by atoms with E-state index in [4.69, 9.17) is 0 Å². The molecule has 0 unspecified atom stereocenters. The first-order valence-electron chi connectivity index (χ1n) is 6.89. The van der Waals surface area contributed by atoms with Gasteiger partial charge in [-0.15, -0.1) is 0 Å². The van der Waals surface area contributed by atoms with Crippen LogP contribution in [0.1, 0.15) is 0 Å². The van der Waals surface area contributed by atoms with Crippen LogP contribution in [0.5, 0.6) is 5.75 Å². The molecule has 100 valence electrons. The summed E-state index contributed by atoms with van der Waals surface area (Å²) < 4.78 is 0. The van der Waals surface area contributed by atoms with Crippen LogP contribution in [0, 0.1) is 0 Å². The lowest BCUT2D eigenvalue weighted by Gasteiger charge is -2.10. The number of benzene rings is 3. The maximum atomic E-state index is 10.6. The summed E-state index contributed by atoms with van der Waals surface area (Å²) in [6.07, 6.45) is 1.70. The fourth-order valence-corrected chi connectivity index (χ4v) is 2.81. The number of hydrogen-bond donors (Lipinski definition) is 1. The average Bonchev–Trinajstić information content (AvgIpc) is 2.55. The van der Waals surface area contributed by atoms with Gasteiger partial charge in [-0.2, -0.15) is 0 Å². The number of aromatic hydroxyl groups is 1. The van der Waals surface area contributed by atoms with Crippen molar-refractivity contribution >= 4 is 21.7 Å². The Morgan fingerprint density at radius 2 is 1.48 bits per heavy atom. The van der Waals surface area contributed by atoms with Crippen molar-refractivity contribution in [2.75, 3.05) is 0 Å². The van der Waals surface area contributed by atoms with E-state index in [1.165, 1.54) is 0 Å². The highest BCUT2D eigenvalue weighted by atomic mass is 16.3. The Kier molecular flexibility index (Phi) is 2.61. The molecule has 1 N–H and O–H groups in total. The molecule has 0 aliphatic heterocycles.